The lowest BCUT2D eigenvalue weighted by molar-refractivity contribution is -0.209. The molecule has 0 saturated carbocycles. The molecule has 0 bridgehead atoms. The van der Waals surface area contributed by atoms with Crippen LogP contribution in [0.2, 0.25) is 0 Å². The van der Waals surface area contributed by atoms with E-state index in [2.05, 4.69) is 4.85 Å². The molecule has 1 aromatic rings. The maximum Gasteiger partial charge on any atom is 0.416 e. The third-order valence-corrected chi connectivity index (χ3v) is 4.12. The van der Waals surface area contributed by atoms with E-state index in [4.69, 9.17) is 6.57 Å². The van der Waals surface area contributed by atoms with E-state index in [1.807, 2.05) is 0 Å². The van der Waals surface area contributed by atoms with Gasteiger partial charge in [-0.1, -0.05) is 6.07 Å². The summed E-state index contributed by atoms with van der Waals surface area (Å²) >= 11 is 0. The topological polar surface area (TPSA) is 27.8 Å². The summed E-state index contributed by atoms with van der Waals surface area (Å²) in [5, 5.41) is 9.53. The highest BCUT2D eigenvalue weighted by Gasteiger charge is 2.49. The van der Waals surface area contributed by atoms with E-state index in [1.165, 1.54) is 6.07 Å². The molecular weight excluding hydrogens is 338 g/mol. The Morgan fingerprint density at radius 3 is 2.33 bits per heavy atom. The number of nitrogens with zero attached hydrogens (tertiary/aromatic N) is 2. The Hall–Kier alpha value is -1.95. The van der Waals surface area contributed by atoms with Gasteiger partial charge in [-0.15, -0.1) is 0 Å². The van der Waals surface area contributed by atoms with Crippen LogP contribution in [-0.4, -0.2) is 29.5 Å². The van der Waals surface area contributed by atoms with E-state index in [-0.39, 0.29) is 12.1 Å². The van der Waals surface area contributed by atoms with Crippen LogP contribution in [0.25, 0.3) is 4.85 Å². The Morgan fingerprint density at radius 2 is 1.83 bits per heavy atom. The second kappa shape index (κ2) is 6.16. The lowest BCUT2D eigenvalue weighted by Crippen LogP contribution is -2.48. The van der Waals surface area contributed by atoms with Gasteiger partial charge in [0.2, 0.25) is 0 Å². The molecule has 1 fully saturated rings. The first-order valence-electron chi connectivity index (χ1n) is 7.08. The van der Waals surface area contributed by atoms with E-state index >= 15 is 0 Å². The number of halogens is 6. The average molecular weight is 352 g/mol. The van der Waals surface area contributed by atoms with Crippen molar-refractivity contribution in [2.45, 2.75) is 50.3 Å². The van der Waals surface area contributed by atoms with Crippen LogP contribution in [0.3, 0.4) is 0 Å². The van der Waals surface area contributed by atoms with E-state index in [9.17, 15) is 31.4 Å². The quantitative estimate of drug-likeness (QED) is 0.625. The standard InChI is InChI=1S/C15H14F6N2O/c1-8-3-6-12(13(24)15(19,20)21)23(8)9-4-5-11(22-2)10(7-9)14(16,17)18/h4-5,7-8,12-13,24H,3,6H2,1H3/t8-,12-,13-/m1/s1. The lowest BCUT2D eigenvalue weighted by atomic mass is 10.1. The minimum absolute atomic E-state index is 0.00770. The molecule has 2 rings (SSSR count). The van der Waals surface area contributed by atoms with Crippen molar-refractivity contribution in [1.82, 2.24) is 0 Å². The van der Waals surface area contributed by atoms with Crippen molar-refractivity contribution in [2.24, 2.45) is 0 Å². The highest BCUT2D eigenvalue weighted by atomic mass is 19.4. The van der Waals surface area contributed by atoms with Gasteiger partial charge in [0.25, 0.3) is 0 Å². The molecule has 0 aliphatic carbocycles. The van der Waals surface area contributed by atoms with Crippen molar-refractivity contribution in [3.05, 3.63) is 35.2 Å². The van der Waals surface area contributed by atoms with Crippen molar-refractivity contribution < 1.29 is 31.4 Å². The van der Waals surface area contributed by atoms with Gasteiger partial charge in [0.1, 0.15) is 0 Å². The first-order chi connectivity index (χ1) is 11.0. The molecule has 0 aromatic heterocycles. The monoisotopic (exact) mass is 352 g/mol. The molecule has 132 valence electrons. The Kier molecular flexibility index (Phi) is 4.72. The number of rotatable bonds is 2. The van der Waals surface area contributed by atoms with Gasteiger partial charge in [-0.05, 0) is 31.9 Å². The molecule has 1 aliphatic rings. The summed E-state index contributed by atoms with van der Waals surface area (Å²) in [6.45, 7) is 8.38. The summed E-state index contributed by atoms with van der Waals surface area (Å²) < 4.78 is 77.6. The van der Waals surface area contributed by atoms with E-state index in [0.29, 0.717) is 12.5 Å². The molecule has 1 N–H and O–H groups in total. The fourth-order valence-corrected chi connectivity index (χ4v) is 3.00. The molecule has 0 radical (unpaired) electrons. The highest BCUT2D eigenvalue weighted by molar-refractivity contribution is 5.63. The summed E-state index contributed by atoms with van der Waals surface area (Å²) in [7, 11) is 0. The molecule has 9 heteroatoms. The van der Waals surface area contributed by atoms with Crippen LogP contribution in [0.15, 0.2) is 18.2 Å². The molecule has 0 unspecified atom stereocenters. The zero-order chi connectivity index (χ0) is 18.3. The number of hydrogen-bond acceptors (Lipinski definition) is 2. The fourth-order valence-electron chi connectivity index (χ4n) is 3.00. The maximum absolute atomic E-state index is 13.1. The van der Waals surface area contributed by atoms with Crippen molar-refractivity contribution in [2.75, 3.05) is 4.90 Å². The number of aliphatic hydroxyl groups is 1. The molecule has 1 aliphatic heterocycles. The molecule has 1 saturated heterocycles. The zero-order valence-electron chi connectivity index (χ0n) is 12.5. The van der Waals surface area contributed by atoms with Crippen LogP contribution < -0.4 is 4.90 Å². The van der Waals surface area contributed by atoms with E-state index < -0.39 is 41.8 Å². The van der Waals surface area contributed by atoms with Crippen LogP contribution >= 0.6 is 0 Å². The number of hydrogen-bond donors (Lipinski definition) is 1. The molecular formula is C15H14F6N2O. The minimum Gasteiger partial charge on any atom is -0.382 e. The molecule has 0 spiro atoms. The van der Waals surface area contributed by atoms with Crippen molar-refractivity contribution >= 4 is 11.4 Å². The Labute approximate surface area is 134 Å². The summed E-state index contributed by atoms with van der Waals surface area (Å²) in [6, 6.07) is 0.964. The van der Waals surface area contributed by atoms with Crippen molar-refractivity contribution in [3.8, 4) is 0 Å². The van der Waals surface area contributed by atoms with Gasteiger partial charge in [-0.2, -0.15) is 26.3 Å². The van der Waals surface area contributed by atoms with E-state index in [0.717, 1.165) is 11.0 Å². The predicted octanol–water partition coefficient (Wildman–Crippen LogP) is 4.54. The first kappa shape index (κ1) is 18.4. The van der Waals surface area contributed by atoms with Gasteiger partial charge in [0.05, 0.1) is 18.2 Å². The second-order valence-electron chi connectivity index (χ2n) is 5.70. The molecule has 3 atom stereocenters. The molecule has 3 nitrogen and oxygen atoms in total. The van der Waals surface area contributed by atoms with Gasteiger partial charge >= 0.3 is 12.4 Å². The SMILES string of the molecule is [C-]#[N+]c1ccc(N2[C@H](C)CC[C@@H]2[C@@H](O)C(F)(F)F)cc1C(F)(F)F. The van der Waals surface area contributed by atoms with Crippen LogP contribution in [0, 0.1) is 6.57 Å². The Bertz CT molecular complexity index is 649. The first-order valence-corrected chi connectivity index (χ1v) is 7.08. The maximum atomic E-state index is 13.1. The number of alkyl halides is 6. The van der Waals surface area contributed by atoms with Gasteiger partial charge in [0, 0.05) is 11.7 Å². The summed E-state index contributed by atoms with van der Waals surface area (Å²) in [4.78, 5) is 3.95. The second-order valence-corrected chi connectivity index (χ2v) is 5.70. The highest BCUT2D eigenvalue weighted by Crippen LogP contribution is 2.42. The number of benzene rings is 1. The van der Waals surface area contributed by atoms with Gasteiger partial charge < -0.3 is 10.0 Å². The van der Waals surface area contributed by atoms with E-state index in [1.54, 1.807) is 6.92 Å². The van der Waals surface area contributed by atoms with Gasteiger partial charge in [-0.25, -0.2) is 4.85 Å². The van der Waals surface area contributed by atoms with Gasteiger partial charge in [-0.3, -0.25) is 0 Å². The largest absolute Gasteiger partial charge is 0.416 e. The van der Waals surface area contributed by atoms with Crippen LogP contribution in [0.4, 0.5) is 37.7 Å². The number of anilines is 1. The normalized spacial score (nSPS) is 23.2. The van der Waals surface area contributed by atoms with Crippen LogP contribution in [0.1, 0.15) is 25.3 Å². The van der Waals surface area contributed by atoms with Gasteiger partial charge in [0.15, 0.2) is 11.8 Å². The third kappa shape index (κ3) is 3.43. The summed E-state index contributed by atoms with van der Waals surface area (Å²) in [5.41, 5.74) is -1.91. The summed E-state index contributed by atoms with van der Waals surface area (Å²) in [6.07, 6.45) is -12.0. The number of aliphatic hydroxyl groups excluding tert-OH is 1. The van der Waals surface area contributed by atoms with Crippen LogP contribution in [-0.2, 0) is 6.18 Å². The summed E-state index contributed by atoms with van der Waals surface area (Å²) in [5.74, 6) is 0. The molecule has 1 aromatic carbocycles. The smallest absolute Gasteiger partial charge is 0.382 e. The zero-order valence-corrected chi connectivity index (χ0v) is 12.5. The Balaban J connectivity index is 2.47. The predicted molar refractivity (Wildman–Crippen MR) is 74.7 cm³/mol. The minimum atomic E-state index is -4.86. The molecule has 1 heterocycles. The van der Waals surface area contributed by atoms with Crippen molar-refractivity contribution in [1.29, 1.82) is 0 Å². The fraction of sp³-hybridized carbons (Fsp3) is 0.533. The van der Waals surface area contributed by atoms with Crippen LogP contribution in [0.5, 0.6) is 0 Å². The Morgan fingerprint density at radius 1 is 1.21 bits per heavy atom. The molecule has 0 amide bonds. The average Bonchev–Trinajstić information content (AvgIpc) is 2.85. The third-order valence-electron chi connectivity index (χ3n) is 4.12. The molecule has 24 heavy (non-hydrogen) atoms. The van der Waals surface area contributed by atoms with Crippen molar-refractivity contribution in [3.63, 3.8) is 0 Å². The lowest BCUT2D eigenvalue weighted by Gasteiger charge is -2.34.